The minimum absolute atomic E-state index is 0.229. The number of β-amino-alcohol motifs (C(OH)–C–C–N with tert-alkyl or cyclic N) is 1. The number of nitrogens with zero attached hydrogens (tertiary/aromatic N) is 1. The lowest BCUT2D eigenvalue weighted by Gasteiger charge is -2.32. The highest BCUT2D eigenvalue weighted by atomic mass is 16.5. The molecule has 2 atom stereocenters. The number of likely N-dealkylation sites (tertiary alicyclic amines) is 1. The number of hydrogen-bond acceptors (Lipinski definition) is 5. The van der Waals surface area contributed by atoms with E-state index in [4.69, 9.17) is 9.47 Å². The second-order valence-corrected chi connectivity index (χ2v) is 7.63. The number of benzene rings is 1. The molecule has 140 valence electrons. The molecule has 1 fully saturated rings. The molecule has 5 heteroatoms. The van der Waals surface area contributed by atoms with E-state index in [2.05, 4.69) is 29.3 Å². The van der Waals surface area contributed by atoms with Gasteiger partial charge in [0.05, 0.1) is 13.2 Å². The Hall–Kier alpha value is -1.30. The molecule has 0 unspecified atom stereocenters. The molecule has 0 aromatic heterocycles. The number of piperidine rings is 1. The summed E-state index contributed by atoms with van der Waals surface area (Å²) < 4.78 is 11.5. The predicted molar refractivity (Wildman–Crippen MR) is 99.3 cm³/mol. The van der Waals surface area contributed by atoms with Gasteiger partial charge in [-0.15, -0.1) is 0 Å². The number of fused-ring (bicyclic) bond motifs is 1. The van der Waals surface area contributed by atoms with Gasteiger partial charge < -0.3 is 24.8 Å². The van der Waals surface area contributed by atoms with E-state index in [0.29, 0.717) is 5.92 Å². The van der Waals surface area contributed by atoms with Crippen molar-refractivity contribution in [3.05, 3.63) is 23.3 Å². The number of aliphatic hydroxyl groups excluding tert-OH is 1. The molecule has 0 radical (unpaired) electrons. The van der Waals surface area contributed by atoms with Crippen LogP contribution in [0.2, 0.25) is 0 Å². The first-order chi connectivity index (χ1) is 12.0. The van der Waals surface area contributed by atoms with E-state index in [-0.39, 0.29) is 12.2 Å². The maximum absolute atomic E-state index is 9.50. The Kier molecular flexibility index (Phi) is 6.20. The molecular weight excluding hydrogens is 316 g/mol. The SMILES string of the molecule is COc1cc(CNCC2CCN(C[C@H](C)O)CC2)c2c(c1)C[C@@H](C)O2. The monoisotopic (exact) mass is 348 g/mol. The van der Waals surface area contributed by atoms with Crippen molar-refractivity contribution >= 4 is 0 Å². The highest BCUT2D eigenvalue weighted by Gasteiger charge is 2.24. The van der Waals surface area contributed by atoms with Crippen molar-refractivity contribution in [3.8, 4) is 11.5 Å². The smallest absolute Gasteiger partial charge is 0.127 e. The van der Waals surface area contributed by atoms with Gasteiger partial charge in [-0.25, -0.2) is 0 Å². The quantitative estimate of drug-likeness (QED) is 0.791. The lowest BCUT2D eigenvalue weighted by molar-refractivity contribution is 0.0998. The van der Waals surface area contributed by atoms with Crippen LogP contribution in [-0.4, -0.2) is 55.5 Å². The normalized spacial score (nSPS) is 22.5. The van der Waals surface area contributed by atoms with Gasteiger partial charge >= 0.3 is 0 Å². The van der Waals surface area contributed by atoms with Crippen LogP contribution >= 0.6 is 0 Å². The van der Waals surface area contributed by atoms with E-state index in [0.717, 1.165) is 50.6 Å². The Morgan fingerprint density at radius 1 is 1.36 bits per heavy atom. The third kappa shape index (κ3) is 4.87. The Bertz CT molecular complexity index is 568. The predicted octanol–water partition coefficient (Wildman–Crippen LogP) is 2.20. The van der Waals surface area contributed by atoms with Gasteiger partial charge in [-0.05, 0) is 64.4 Å². The van der Waals surface area contributed by atoms with E-state index in [1.807, 2.05) is 6.92 Å². The fourth-order valence-electron chi connectivity index (χ4n) is 3.98. The average Bonchev–Trinajstić information content (AvgIpc) is 2.96. The third-order valence-electron chi connectivity index (χ3n) is 5.26. The van der Waals surface area contributed by atoms with Gasteiger partial charge in [0.25, 0.3) is 0 Å². The number of methoxy groups -OCH3 is 1. The highest BCUT2D eigenvalue weighted by molar-refractivity contribution is 5.49. The van der Waals surface area contributed by atoms with Crippen molar-refractivity contribution in [1.29, 1.82) is 0 Å². The summed E-state index contributed by atoms with van der Waals surface area (Å²) in [7, 11) is 1.72. The first kappa shape index (κ1) is 18.5. The van der Waals surface area contributed by atoms with Crippen molar-refractivity contribution < 1.29 is 14.6 Å². The van der Waals surface area contributed by atoms with Gasteiger partial charge in [-0.3, -0.25) is 0 Å². The summed E-state index contributed by atoms with van der Waals surface area (Å²) in [5.74, 6) is 2.68. The molecule has 2 aliphatic heterocycles. The van der Waals surface area contributed by atoms with Crippen LogP contribution in [0.5, 0.6) is 11.5 Å². The first-order valence-electron chi connectivity index (χ1n) is 9.52. The molecule has 1 aromatic carbocycles. The van der Waals surface area contributed by atoms with E-state index in [9.17, 15) is 5.11 Å². The summed E-state index contributed by atoms with van der Waals surface area (Å²) in [6.07, 6.45) is 3.38. The van der Waals surface area contributed by atoms with Crippen LogP contribution in [0.15, 0.2) is 12.1 Å². The minimum Gasteiger partial charge on any atom is -0.497 e. The fourth-order valence-corrected chi connectivity index (χ4v) is 3.98. The molecule has 3 rings (SSSR count). The van der Waals surface area contributed by atoms with Gasteiger partial charge in [0.15, 0.2) is 0 Å². The number of aliphatic hydroxyl groups is 1. The summed E-state index contributed by atoms with van der Waals surface area (Å²) in [6, 6.07) is 4.19. The standard InChI is InChI=1S/C20H32N2O3/c1-14(23)13-22-6-4-16(5-7-22)11-21-12-18-10-19(24-3)9-17-8-15(2)25-20(17)18/h9-10,14-16,21,23H,4-8,11-13H2,1-3H3/t14-,15+/m0/s1. The summed E-state index contributed by atoms with van der Waals surface area (Å²) in [5, 5.41) is 13.1. The zero-order valence-electron chi connectivity index (χ0n) is 15.8. The molecule has 0 aliphatic carbocycles. The lowest BCUT2D eigenvalue weighted by atomic mass is 9.96. The largest absolute Gasteiger partial charge is 0.497 e. The van der Waals surface area contributed by atoms with Crippen molar-refractivity contribution in [2.75, 3.05) is 33.3 Å². The van der Waals surface area contributed by atoms with Crippen molar-refractivity contribution in [3.63, 3.8) is 0 Å². The maximum Gasteiger partial charge on any atom is 0.127 e. The Labute approximate surface area is 151 Å². The molecule has 25 heavy (non-hydrogen) atoms. The van der Waals surface area contributed by atoms with Crippen LogP contribution in [0, 0.1) is 5.92 Å². The summed E-state index contributed by atoms with van der Waals surface area (Å²) in [6.45, 7) is 8.81. The second kappa shape index (κ2) is 8.39. The number of ether oxygens (including phenoxy) is 2. The van der Waals surface area contributed by atoms with Crippen LogP contribution in [0.1, 0.15) is 37.8 Å². The topological polar surface area (TPSA) is 54.0 Å². The molecular formula is C20H32N2O3. The average molecular weight is 348 g/mol. The van der Waals surface area contributed by atoms with E-state index in [1.165, 1.54) is 24.0 Å². The van der Waals surface area contributed by atoms with Gasteiger partial charge in [-0.1, -0.05) is 0 Å². The van der Waals surface area contributed by atoms with Gasteiger partial charge in [0.1, 0.15) is 17.6 Å². The molecule has 1 saturated heterocycles. The Morgan fingerprint density at radius 3 is 2.80 bits per heavy atom. The molecule has 2 aliphatic rings. The second-order valence-electron chi connectivity index (χ2n) is 7.63. The van der Waals surface area contributed by atoms with Gasteiger partial charge in [0.2, 0.25) is 0 Å². The van der Waals surface area contributed by atoms with Gasteiger partial charge in [-0.2, -0.15) is 0 Å². The molecule has 0 saturated carbocycles. The molecule has 5 nitrogen and oxygen atoms in total. The van der Waals surface area contributed by atoms with Crippen LogP contribution < -0.4 is 14.8 Å². The van der Waals surface area contributed by atoms with Crippen molar-refractivity contribution in [2.45, 2.75) is 51.9 Å². The maximum atomic E-state index is 9.50. The zero-order chi connectivity index (χ0) is 17.8. The Balaban J connectivity index is 1.49. The summed E-state index contributed by atoms with van der Waals surface area (Å²) in [5.41, 5.74) is 2.46. The van der Waals surface area contributed by atoms with Crippen LogP contribution in [0.25, 0.3) is 0 Å². The minimum atomic E-state index is -0.229. The highest BCUT2D eigenvalue weighted by Crippen LogP contribution is 2.36. The van der Waals surface area contributed by atoms with E-state index in [1.54, 1.807) is 7.11 Å². The Morgan fingerprint density at radius 2 is 2.12 bits per heavy atom. The molecule has 1 aromatic rings. The van der Waals surface area contributed by atoms with E-state index >= 15 is 0 Å². The fraction of sp³-hybridized carbons (Fsp3) is 0.700. The van der Waals surface area contributed by atoms with Crippen molar-refractivity contribution in [2.24, 2.45) is 5.92 Å². The van der Waals surface area contributed by atoms with Crippen LogP contribution in [0.3, 0.4) is 0 Å². The summed E-state index contributed by atoms with van der Waals surface area (Å²) in [4.78, 5) is 2.37. The summed E-state index contributed by atoms with van der Waals surface area (Å²) >= 11 is 0. The first-order valence-corrected chi connectivity index (χ1v) is 9.52. The number of nitrogens with one attached hydrogen (secondary N) is 1. The number of hydrogen-bond donors (Lipinski definition) is 2. The lowest BCUT2D eigenvalue weighted by Crippen LogP contribution is -2.40. The molecule has 0 spiro atoms. The van der Waals surface area contributed by atoms with Crippen LogP contribution in [0.4, 0.5) is 0 Å². The molecule has 2 N–H and O–H groups in total. The van der Waals surface area contributed by atoms with Crippen LogP contribution in [-0.2, 0) is 13.0 Å². The molecule has 0 amide bonds. The van der Waals surface area contributed by atoms with Crippen molar-refractivity contribution in [1.82, 2.24) is 10.2 Å². The third-order valence-corrected chi connectivity index (χ3v) is 5.26. The zero-order valence-corrected chi connectivity index (χ0v) is 15.8. The number of rotatable bonds is 7. The van der Waals surface area contributed by atoms with E-state index < -0.39 is 0 Å². The van der Waals surface area contributed by atoms with Gasteiger partial charge in [0, 0.05) is 30.6 Å². The molecule has 0 bridgehead atoms. The molecule has 2 heterocycles.